The van der Waals surface area contributed by atoms with Crippen molar-refractivity contribution in [1.29, 1.82) is 0 Å². The third kappa shape index (κ3) is 9.79. The first-order chi connectivity index (χ1) is 20.6. The number of phosphoric acid groups is 1. The van der Waals surface area contributed by atoms with Crippen molar-refractivity contribution < 1.29 is 37.6 Å². The molecular formula is C26H35N6O10PS. The number of phosphoric ester groups is 1. The highest BCUT2D eigenvalue weighted by atomic mass is 32.2. The zero-order chi connectivity index (χ0) is 32.7. The lowest BCUT2D eigenvalue weighted by Crippen LogP contribution is -2.33. The van der Waals surface area contributed by atoms with E-state index in [1.165, 1.54) is 25.3 Å². The molecule has 0 amide bonds. The molecule has 2 heterocycles. The molecule has 3 rings (SSSR count). The smallest absolute Gasteiger partial charge is 0.480 e. The van der Waals surface area contributed by atoms with Gasteiger partial charge in [-0.25, -0.2) is 9.36 Å². The fraction of sp³-hybridized carbons (Fsp3) is 0.538. The Hall–Kier alpha value is -3.43. The number of carboxylic acid groups (broad SMARTS) is 1. The molecule has 1 saturated heterocycles. The predicted octanol–water partition coefficient (Wildman–Crippen LogP) is 3.29. The lowest BCUT2D eigenvalue weighted by molar-refractivity contribution is -0.138. The number of nitrogens with two attached hydrogens (primary N) is 1. The molecule has 0 aliphatic carbocycles. The topological polar surface area (TPSA) is 238 Å². The van der Waals surface area contributed by atoms with Gasteiger partial charge in [-0.2, -0.15) is 0 Å². The summed E-state index contributed by atoms with van der Waals surface area (Å²) in [5.74, 6) is -0.932. The molecule has 0 bridgehead atoms. The SMILES string of the molecule is Cc1cn([C@H]2CC(N=[N+]=[N-])[C@@H](COP(=O)(OCCSC(=O)C(C)(C)C)Oc3ccc(CC(N)C(=O)O)cc3)O2)c(=O)[nH]c1=O. The van der Waals surface area contributed by atoms with Crippen molar-refractivity contribution in [2.45, 2.75) is 65.0 Å². The minimum absolute atomic E-state index is 0.0538. The largest absolute Gasteiger partial charge is 0.530 e. The number of nitrogens with one attached hydrogen (secondary N) is 1. The van der Waals surface area contributed by atoms with E-state index in [2.05, 4.69) is 15.0 Å². The fourth-order valence-corrected chi connectivity index (χ4v) is 6.05. The summed E-state index contributed by atoms with van der Waals surface area (Å²) in [5.41, 5.74) is 13.7. The first kappa shape index (κ1) is 35.1. The number of aromatic amines is 1. The second-order valence-electron chi connectivity index (χ2n) is 11.0. The Bertz CT molecular complexity index is 1550. The van der Waals surface area contributed by atoms with E-state index in [0.717, 1.165) is 16.3 Å². The number of aliphatic carboxylic acids is 1. The molecule has 240 valence electrons. The standard InChI is InChI=1S/C26H35N6O10PS/c1-15-13-32(25(37)29-22(15)33)21-12-19(30-31-28)20(41-21)14-40-43(38,39-9-10-44-24(36)26(2,3)4)42-17-7-5-16(6-8-17)11-18(27)23(34)35/h5-8,13,18-21H,9-12,14,27H2,1-4H3,(H,34,35)(H,29,33,37)/t18?,19?,20-,21-,43?/m1/s1. The molecule has 0 saturated carbocycles. The van der Waals surface area contributed by atoms with Gasteiger partial charge in [-0.15, -0.1) is 0 Å². The van der Waals surface area contributed by atoms with Gasteiger partial charge in [0.15, 0.2) is 5.12 Å². The van der Waals surface area contributed by atoms with Crippen LogP contribution in [0.3, 0.4) is 0 Å². The quantitative estimate of drug-likeness (QED) is 0.0874. The Morgan fingerprint density at radius 3 is 2.59 bits per heavy atom. The maximum atomic E-state index is 13.8. The molecule has 0 spiro atoms. The second-order valence-corrected chi connectivity index (χ2v) is 13.6. The monoisotopic (exact) mass is 654 g/mol. The number of aryl methyl sites for hydroxylation is 1. The normalized spacial score (nSPS) is 20.3. The van der Waals surface area contributed by atoms with Crippen LogP contribution in [0.25, 0.3) is 10.4 Å². The minimum atomic E-state index is -4.39. The van der Waals surface area contributed by atoms with Crippen molar-refractivity contribution in [2.24, 2.45) is 16.3 Å². The number of carbonyl (C=O) groups excluding carboxylic acids is 1. The third-order valence-corrected chi connectivity index (χ3v) is 8.99. The molecular weight excluding hydrogens is 619 g/mol. The summed E-state index contributed by atoms with van der Waals surface area (Å²) in [4.78, 5) is 52.5. The van der Waals surface area contributed by atoms with Crippen molar-refractivity contribution in [2.75, 3.05) is 19.0 Å². The molecule has 4 N–H and O–H groups in total. The molecule has 1 aromatic carbocycles. The number of ether oxygens (including phenoxy) is 1. The van der Waals surface area contributed by atoms with E-state index >= 15 is 0 Å². The minimum Gasteiger partial charge on any atom is -0.480 e. The van der Waals surface area contributed by atoms with Crippen LogP contribution in [0.4, 0.5) is 0 Å². The average Bonchev–Trinajstić information content (AvgIpc) is 3.35. The van der Waals surface area contributed by atoms with Crippen LogP contribution in [-0.4, -0.2) is 62.9 Å². The summed E-state index contributed by atoms with van der Waals surface area (Å²) in [6.45, 7) is 6.20. The molecule has 44 heavy (non-hydrogen) atoms. The number of benzene rings is 1. The molecule has 1 aromatic heterocycles. The molecule has 1 aliphatic rings. The van der Waals surface area contributed by atoms with Crippen LogP contribution in [0.15, 0.2) is 45.2 Å². The van der Waals surface area contributed by atoms with Gasteiger partial charge in [0, 0.05) is 34.3 Å². The van der Waals surface area contributed by atoms with Gasteiger partial charge in [-0.1, -0.05) is 49.8 Å². The van der Waals surface area contributed by atoms with Gasteiger partial charge < -0.3 is 20.1 Å². The highest BCUT2D eigenvalue weighted by Gasteiger charge is 2.39. The van der Waals surface area contributed by atoms with Crippen LogP contribution in [-0.2, 0) is 34.4 Å². The number of thioether (sulfide) groups is 1. The van der Waals surface area contributed by atoms with Gasteiger partial charge in [0.1, 0.15) is 18.0 Å². The van der Waals surface area contributed by atoms with Crippen molar-refractivity contribution in [1.82, 2.24) is 9.55 Å². The summed E-state index contributed by atoms with van der Waals surface area (Å²) < 4.78 is 37.6. The molecule has 2 aromatic rings. The Labute approximate surface area is 256 Å². The van der Waals surface area contributed by atoms with Gasteiger partial charge >= 0.3 is 19.5 Å². The molecule has 3 unspecified atom stereocenters. The van der Waals surface area contributed by atoms with Crippen LogP contribution in [0.1, 0.15) is 44.5 Å². The zero-order valence-corrected chi connectivity index (χ0v) is 26.3. The van der Waals surface area contributed by atoms with E-state index < -0.39 is 61.5 Å². The summed E-state index contributed by atoms with van der Waals surface area (Å²) >= 11 is 0.999. The van der Waals surface area contributed by atoms with Gasteiger partial charge in [0.2, 0.25) is 0 Å². The van der Waals surface area contributed by atoms with Gasteiger partial charge in [0.05, 0.1) is 25.4 Å². The van der Waals surface area contributed by atoms with Gasteiger partial charge in [-0.3, -0.25) is 33.0 Å². The number of H-pyrrole nitrogens is 1. The van der Waals surface area contributed by atoms with Crippen molar-refractivity contribution in [3.8, 4) is 5.75 Å². The molecule has 1 fully saturated rings. The third-order valence-electron chi connectivity index (χ3n) is 6.35. The summed E-state index contributed by atoms with van der Waals surface area (Å²) in [6, 6.07) is 4.03. The summed E-state index contributed by atoms with van der Waals surface area (Å²) in [6.07, 6.45) is -0.470. The van der Waals surface area contributed by atoms with Crippen molar-refractivity contribution >= 4 is 30.7 Å². The van der Waals surface area contributed by atoms with E-state index in [-0.39, 0.29) is 41.6 Å². The highest BCUT2D eigenvalue weighted by molar-refractivity contribution is 8.13. The average molecular weight is 655 g/mol. The van der Waals surface area contributed by atoms with Crippen LogP contribution in [0, 0.1) is 12.3 Å². The molecule has 18 heteroatoms. The number of azide groups is 1. The lowest BCUT2D eigenvalue weighted by Gasteiger charge is -2.22. The number of aromatic nitrogens is 2. The molecule has 0 radical (unpaired) electrons. The maximum Gasteiger partial charge on any atom is 0.530 e. The summed E-state index contributed by atoms with van der Waals surface area (Å²) in [5, 5.41) is 12.7. The number of carboxylic acids is 1. The van der Waals surface area contributed by atoms with Crippen LogP contribution in [0.5, 0.6) is 5.75 Å². The number of nitrogens with zero attached hydrogens (tertiary/aromatic N) is 4. The van der Waals surface area contributed by atoms with E-state index in [1.54, 1.807) is 32.9 Å². The Morgan fingerprint density at radius 2 is 1.98 bits per heavy atom. The number of carbonyl (C=O) groups is 2. The van der Waals surface area contributed by atoms with E-state index in [9.17, 15) is 23.7 Å². The highest BCUT2D eigenvalue weighted by Crippen LogP contribution is 2.50. The molecule has 16 nitrogen and oxygen atoms in total. The Balaban J connectivity index is 1.76. The first-order valence-electron chi connectivity index (χ1n) is 13.5. The maximum absolute atomic E-state index is 13.8. The van der Waals surface area contributed by atoms with E-state index in [1.807, 2.05) is 0 Å². The van der Waals surface area contributed by atoms with E-state index in [0.29, 0.717) is 5.56 Å². The van der Waals surface area contributed by atoms with Crippen molar-refractivity contribution in [3.63, 3.8) is 0 Å². The molecule has 1 aliphatic heterocycles. The number of hydrogen-bond donors (Lipinski definition) is 3. The van der Waals surface area contributed by atoms with Gasteiger partial charge in [-0.05, 0) is 36.6 Å². The zero-order valence-electron chi connectivity index (χ0n) is 24.6. The Kier molecular flexibility index (Phi) is 12.0. The first-order valence-corrected chi connectivity index (χ1v) is 15.9. The summed E-state index contributed by atoms with van der Waals surface area (Å²) in [7, 11) is -4.39. The fourth-order valence-electron chi connectivity index (χ4n) is 3.94. The van der Waals surface area contributed by atoms with Crippen LogP contribution < -0.4 is 21.5 Å². The van der Waals surface area contributed by atoms with Gasteiger partial charge in [0.25, 0.3) is 5.56 Å². The Morgan fingerprint density at radius 1 is 1.30 bits per heavy atom. The predicted molar refractivity (Wildman–Crippen MR) is 160 cm³/mol. The molecule has 5 atom stereocenters. The van der Waals surface area contributed by atoms with Crippen LogP contribution >= 0.6 is 19.6 Å². The number of rotatable bonds is 14. The van der Waals surface area contributed by atoms with Crippen LogP contribution in [0.2, 0.25) is 0 Å². The van der Waals surface area contributed by atoms with E-state index in [4.69, 9.17) is 34.7 Å². The number of hydrogen-bond acceptors (Lipinski definition) is 12. The second kappa shape index (κ2) is 15.0. The lowest BCUT2D eigenvalue weighted by atomic mass is 10.00. The van der Waals surface area contributed by atoms with Crippen molar-refractivity contribution in [3.05, 3.63) is 72.9 Å².